The molecule has 1 aromatic rings. The van der Waals surface area contributed by atoms with Gasteiger partial charge in [0.1, 0.15) is 16.5 Å². The van der Waals surface area contributed by atoms with E-state index < -0.39 is 0 Å². The molecule has 0 bridgehead atoms. The summed E-state index contributed by atoms with van der Waals surface area (Å²) in [5.41, 5.74) is 1.32. The molecule has 0 fully saturated rings. The first-order valence-corrected chi connectivity index (χ1v) is 6.37. The molecule has 0 radical (unpaired) electrons. The van der Waals surface area contributed by atoms with Crippen LogP contribution >= 0.6 is 34.8 Å². The van der Waals surface area contributed by atoms with Crippen LogP contribution in [0.2, 0.25) is 0 Å². The van der Waals surface area contributed by atoms with Gasteiger partial charge in [-0.3, -0.25) is 0 Å². The Kier molecular flexibility index (Phi) is 3.77. The minimum absolute atomic E-state index is 0.375. The van der Waals surface area contributed by atoms with E-state index in [0.29, 0.717) is 11.4 Å². The number of carbonyl (C=O) groups excluding carboxylic acids is 1. The van der Waals surface area contributed by atoms with Gasteiger partial charge >= 0.3 is 5.97 Å². The van der Waals surface area contributed by atoms with Gasteiger partial charge in [0.25, 0.3) is 0 Å². The first-order chi connectivity index (χ1) is 8.15. The normalized spacial score (nSPS) is 13.8. The van der Waals surface area contributed by atoms with Gasteiger partial charge in [0.2, 0.25) is 0 Å². The molecule has 5 nitrogen and oxygen atoms in total. The molecule has 0 unspecified atom stereocenters. The van der Waals surface area contributed by atoms with E-state index in [0.717, 1.165) is 10.6 Å². The fourth-order valence-corrected chi connectivity index (χ4v) is 2.90. The lowest BCUT2D eigenvalue weighted by Gasteiger charge is -2.22. The Balaban J connectivity index is 2.43. The van der Waals surface area contributed by atoms with Gasteiger partial charge in [0.15, 0.2) is 0 Å². The molecule has 0 N–H and O–H groups in total. The van der Waals surface area contributed by atoms with Gasteiger partial charge in [-0.15, -0.1) is 0 Å². The molecule has 90 valence electrons. The van der Waals surface area contributed by atoms with Crippen molar-refractivity contribution in [2.75, 3.05) is 14.2 Å². The number of rotatable bonds is 2. The highest BCUT2D eigenvalue weighted by molar-refractivity contribution is 14.1. The smallest absolute Gasteiger partial charge is 0.356 e. The molecule has 2 heterocycles. The fourth-order valence-electron chi connectivity index (χ4n) is 1.30. The van der Waals surface area contributed by atoms with Crippen LogP contribution in [0.5, 0.6) is 5.75 Å². The Bertz CT molecular complexity index is 492. The molecular weight excluding hydrogens is 355 g/mol. The van der Waals surface area contributed by atoms with Gasteiger partial charge in [-0.2, -0.15) is 0 Å². The van der Waals surface area contributed by atoms with Crippen LogP contribution in [0.15, 0.2) is 23.0 Å². The van der Waals surface area contributed by atoms with Gasteiger partial charge < -0.3 is 9.47 Å². The topological polar surface area (TPSA) is 51.7 Å². The van der Waals surface area contributed by atoms with Gasteiger partial charge in [-0.25, -0.2) is 12.3 Å². The van der Waals surface area contributed by atoms with E-state index in [9.17, 15) is 4.79 Å². The number of pyridine rings is 1. The Morgan fingerprint density at radius 3 is 2.94 bits per heavy atom. The highest BCUT2D eigenvalue weighted by Gasteiger charge is 2.24. The second-order valence-corrected chi connectivity index (χ2v) is 5.68. The maximum absolute atomic E-state index is 11.5. The minimum Gasteiger partial charge on any atom is -0.495 e. The molecule has 0 amide bonds. The molecule has 0 spiro atoms. The number of hydrogen-bond acceptors (Lipinski definition) is 6. The molecule has 1 aliphatic rings. The van der Waals surface area contributed by atoms with Crippen molar-refractivity contribution in [1.82, 2.24) is 7.50 Å². The van der Waals surface area contributed by atoms with Crippen molar-refractivity contribution in [2.24, 2.45) is 0 Å². The van der Waals surface area contributed by atoms with Gasteiger partial charge in [0.05, 0.1) is 43.3 Å². The zero-order valence-electron chi connectivity index (χ0n) is 9.14. The molecule has 7 heteroatoms. The summed E-state index contributed by atoms with van der Waals surface area (Å²) in [5, 5.41) is 0.827. The maximum atomic E-state index is 11.5. The average molecular weight is 364 g/mol. The molecule has 17 heavy (non-hydrogen) atoms. The van der Waals surface area contributed by atoms with Crippen LogP contribution in [0.1, 0.15) is 5.56 Å². The van der Waals surface area contributed by atoms with Crippen molar-refractivity contribution < 1.29 is 14.3 Å². The molecule has 0 aromatic carbocycles. The van der Waals surface area contributed by atoms with E-state index in [2.05, 4.69) is 4.98 Å². The number of aromatic nitrogens is 1. The van der Waals surface area contributed by atoms with Crippen LogP contribution in [0, 0.1) is 0 Å². The third kappa shape index (κ3) is 2.49. The number of esters is 1. The quantitative estimate of drug-likeness (QED) is 0.347. The summed E-state index contributed by atoms with van der Waals surface area (Å²) in [6.45, 7) is 0. The van der Waals surface area contributed by atoms with E-state index in [1.807, 2.05) is 28.9 Å². The first-order valence-electron chi connectivity index (χ1n) is 4.63. The largest absolute Gasteiger partial charge is 0.495 e. The molecule has 0 aliphatic carbocycles. The van der Waals surface area contributed by atoms with Crippen LogP contribution in [0.25, 0.3) is 6.08 Å². The predicted octanol–water partition coefficient (Wildman–Crippen LogP) is 2.28. The van der Waals surface area contributed by atoms with E-state index in [1.165, 1.54) is 19.1 Å². The second-order valence-electron chi connectivity index (χ2n) is 3.13. The van der Waals surface area contributed by atoms with Gasteiger partial charge in [0, 0.05) is 17.5 Å². The fraction of sp³-hybridized carbons (Fsp3) is 0.200. The third-order valence-corrected chi connectivity index (χ3v) is 4.11. The van der Waals surface area contributed by atoms with E-state index in [1.54, 1.807) is 21.9 Å². The minimum atomic E-state index is -0.375. The molecule has 1 aromatic heterocycles. The van der Waals surface area contributed by atoms with Gasteiger partial charge in [-0.05, 0) is 12.1 Å². The van der Waals surface area contributed by atoms with Crippen LogP contribution < -0.4 is 4.74 Å². The second kappa shape index (κ2) is 5.13. The number of ether oxygens (including phenoxy) is 2. The molecule has 2 rings (SSSR count). The third-order valence-electron chi connectivity index (χ3n) is 2.13. The monoisotopic (exact) mass is 364 g/mol. The van der Waals surface area contributed by atoms with Crippen molar-refractivity contribution in [3.05, 3.63) is 23.5 Å². The van der Waals surface area contributed by atoms with Crippen molar-refractivity contribution >= 4 is 46.9 Å². The highest BCUT2D eigenvalue weighted by atomic mass is 127. The molecule has 0 saturated heterocycles. The van der Waals surface area contributed by atoms with Crippen molar-refractivity contribution in [1.29, 1.82) is 0 Å². The number of fused-ring (bicyclic) bond motifs is 1. The summed E-state index contributed by atoms with van der Waals surface area (Å²) in [5.74, 6) is 0.284. The van der Waals surface area contributed by atoms with Crippen molar-refractivity contribution in [2.45, 2.75) is 5.03 Å². The lowest BCUT2D eigenvalue weighted by molar-refractivity contribution is -0.136. The lowest BCUT2D eigenvalue weighted by atomic mass is 10.2. The van der Waals surface area contributed by atoms with Crippen LogP contribution in [0.4, 0.5) is 0 Å². The van der Waals surface area contributed by atoms with Crippen LogP contribution in [-0.2, 0) is 9.53 Å². The Morgan fingerprint density at radius 2 is 2.29 bits per heavy atom. The van der Waals surface area contributed by atoms with E-state index >= 15 is 0 Å². The summed E-state index contributed by atoms with van der Waals surface area (Å²) >= 11 is 3.40. The van der Waals surface area contributed by atoms with Crippen LogP contribution in [-0.4, -0.2) is 27.7 Å². The van der Waals surface area contributed by atoms with Crippen molar-refractivity contribution in [3.63, 3.8) is 0 Å². The number of methoxy groups -OCH3 is 2. The standard InChI is InChI=1S/C10H9IN2O3S/c1-15-7-3-6-4-8(10(14)16-2)13(11)17-9(6)12-5-7/h3-5H,1-2H3. The molecular formula is C10H9IN2O3S. The number of carbonyl (C=O) groups is 1. The number of nitrogens with zero attached hydrogens (tertiary/aromatic N) is 2. The lowest BCUT2D eigenvalue weighted by Crippen LogP contribution is -2.17. The molecule has 0 atom stereocenters. The SMILES string of the molecule is COC(=O)C1=Cc2cc(OC)cnc2SN1I. The van der Waals surface area contributed by atoms with Crippen LogP contribution in [0.3, 0.4) is 0 Å². The summed E-state index contributed by atoms with van der Waals surface area (Å²) in [6.07, 6.45) is 3.38. The van der Waals surface area contributed by atoms with Crippen molar-refractivity contribution in [3.8, 4) is 5.75 Å². The number of hydrogen-bond donors (Lipinski definition) is 0. The Labute approximate surface area is 117 Å². The highest BCUT2D eigenvalue weighted by Crippen LogP contribution is 2.38. The predicted molar refractivity (Wildman–Crippen MR) is 72.5 cm³/mol. The average Bonchev–Trinajstić information content (AvgIpc) is 2.36. The summed E-state index contributed by atoms with van der Waals surface area (Å²) < 4.78 is 11.5. The zero-order valence-corrected chi connectivity index (χ0v) is 12.1. The summed E-state index contributed by atoms with van der Waals surface area (Å²) in [4.78, 5) is 15.8. The zero-order chi connectivity index (χ0) is 12.4. The number of halogens is 1. The van der Waals surface area contributed by atoms with Gasteiger partial charge in [-0.1, -0.05) is 0 Å². The first kappa shape index (κ1) is 12.5. The Hall–Kier alpha value is -0.960. The molecule has 1 aliphatic heterocycles. The molecule has 0 saturated carbocycles. The summed E-state index contributed by atoms with van der Waals surface area (Å²) in [6, 6.07) is 1.84. The maximum Gasteiger partial charge on any atom is 0.356 e. The van der Waals surface area contributed by atoms with E-state index in [-0.39, 0.29) is 5.97 Å². The Morgan fingerprint density at radius 1 is 1.53 bits per heavy atom. The summed E-state index contributed by atoms with van der Waals surface area (Å²) in [7, 11) is 2.94. The van der Waals surface area contributed by atoms with E-state index in [4.69, 9.17) is 9.47 Å².